The molecule has 120 valence electrons. The van der Waals surface area contributed by atoms with E-state index in [1.807, 2.05) is 0 Å². The molecule has 0 aromatic heterocycles. The van der Waals surface area contributed by atoms with E-state index in [2.05, 4.69) is 11.9 Å². The molecular formula is C14H25N3O4. The first kappa shape index (κ1) is 16.0. The highest BCUT2D eigenvalue weighted by Gasteiger charge is 2.37. The summed E-state index contributed by atoms with van der Waals surface area (Å²) in [7, 11) is 3.67. The molecule has 7 nitrogen and oxygen atoms in total. The third-order valence-electron chi connectivity index (χ3n) is 4.58. The summed E-state index contributed by atoms with van der Waals surface area (Å²) in [5.41, 5.74) is 0. The molecule has 2 unspecified atom stereocenters. The fourth-order valence-electron chi connectivity index (χ4n) is 3.29. The molecule has 0 aromatic rings. The number of hydrogen-bond donors (Lipinski definition) is 1. The number of likely N-dealkylation sites (tertiary alicyclic amines) is 1. The molecule has 2 heterocycles. The first-order valence-corrected chi connectivity index (χ1v) is 7.49. The quantitative estimate of drug-likeness (QED) is 0.791. The lowest BCUT2D eigenvalue weighted by Crippen LogP contribution is -2.49. The third-order valence-corrected chi connectivity index (χ3v) is 4.58. The second kappa shape index (κ2) is 7.09. The number of methoxy groups -OCH3 is 1. The summed E-state index contributed by atoms with van der Waals surface area (Å²) >= 11 is 0. The normalized spacial score (nSPS) is 25.7. The monoisotopic (exact) mass is 299 g/mol. The van der Waals surface area contributed by atoms with Crippen LogP contribution in [0.15, 0.2) is 0 Å². The summed E-state index contributed by atoms with van der Waals surface area (Å²) in [5, 5.41) is 8.97. The van der Waals surface area contributed by atoms with Gasteiger partial charge in [0.05, 0.1) is 6.61 Å². The standard InChI is InChI=1S/C14H25N3O4/c1-15-11-3-4-12(15)9-16(6-5-11)14(20)17(7-8-21-2)10-13(18)19/h11-12H,3-10H2,1-2H3,(H,18,19). The van der Waals surface area contributed by atoms with Crippen molar-refractivity contribution in [3.8, 4) is 0 Å². The number of carbonyl (C=O) groups is 2. The zero-order valence-corrected chi connectivity index (χ0v) is 12.8. The highest BCUT2D eigenvalue weighted by atomic mass is 16.5. The van der Waals surface area contributed by atoms with Gasteiger partial charge in [-0.05, 0) is 26.3 Å². The van der Waals surface area contributed by atoms with Gasteiger partial charge < -0.3 is 19.6 Å². The summed E-state index contributed by atoms with van der Waals surface area (Å²) in [6.45, 7) is 1.77. The van der Waals surface area contributed by atoms with E-state index >= 15 is 0 Å². The van der Waals surface area contributed by atoms with Gasteiger partial charge in [0.15, 0.2) is 0 Å². The lowest BCUT2D eigenvalue weighted by molar-refractivity contribution is -0.137. The molecule has 2 rings (SSSR count). The first-order valence-electron chi connectivity index (χ1n) is 7.49. The lowest BCUT2D eigenvalue weighted by Gasteiger charge is -2.31. The highest BCUT2D eigenvalue weighted by molar-refractivity contribution is 5.80. The molecule has 0 aliphatic carbocycles. The van der Waals surface area contributed by atoms with Crippen molar-refractivity contribution >= 4 is 12.0 Å². The summed E-state index contributed by atoms with van der Waals surface area (Å²) in [6.07, 6.45) is 3.28. The fourth-order valence-corrected chi connectivity index (χ4v) is 3.29. The minimum absolute atomic E-state index is 0.185. The number of ether oxygens (including phenoxy) is 1. The van der Waals surface area contributed by atoms with Gasteiger partial charge in [0, 0.05) is 38.8 Å². The maximum absolute atomic E-state index is 12.6. The number of carbonyl (C=O) groups excluding carboxylic acids is 1. The van der Waals surface area contributed by atoms with Crippen molar-refractivity contribution in [1.29, 1.82) is 0 Å². The highest BCUT2D eigenvalue weighted by Crippen LogP contribution is 2.28. The molecule has 21 heavy (non-hydrogen) atoms. The first-order chi connectivity index (χ1) is 10.0. The van der Waals surface area contributed by atoms with Crippen molar-refractivity contribution in [2.75, 3.05) is 46.9 Å². The second-order valence-electron chi connectivity index (χ2n) is 5.88. The Morgan fingerprint density at radius 3 is 2.67 bits per heavy atom. The van der Waals surface area contributed by atoms with E-state index in [9.17, 15) is 9.59 Å². The van der Waals surface area contributed by atoms with Crippen molar-refractivity contribution in [1.82, 2.24) is 14.7 Å². The minimum Gasteiger partial charge on any atom is -0.480 e. The zero-order chi connectivity index (χ0) is 15.4. The van der Waals surface area contributed by atoms with E-state index in [0.29, 0.717) is 38.3 Å². The molecule has 2 amide bonds. The summed E-state index contributed by atoms with van der Waals surface area (Å²) in [4.78, 5) is 29.1. The number of likely N-dealkylation sites (N-methyl/N-ethyl adjacent to an activating group) is 1. The topological polar surface area (TPSA) is 73.3 Å². The summed E-state index contributed by atoms with van der Waals surface area (Å²) in [6, 6.07) is 0.769. The Hall–Kier alpha value is -1.34. The van der Waals surface area contributed by atoms with Crippen LogP contribution in [0.4, 0.5) is 4.79 Å². The molecule has 2 saturated heterocycles. The largest absolute Gasteiger partial charge is 0.480 e. The molecule has 1 N–H and O–H groups in total. The van der Waals surface area contributed by atoms with Crippen LogP contribution in [0.2, 0.25) is 0 Å². The SMILES string of the molecule is COCCN(CC(=O)O)C(=O)N1CCC2CCC(C1)N2C. The number of carboxylic acid groups (broad SMARTS) is 1. The molecule has 7 heteroatoms. The van der Waals surface area contributed by atoms with E-state index < -0.39 is 5.97 Å². The van der Waals surface area contributed by atoms with E-state index in [1.165, 1.54) is 11.3 Å². The number of nitrogens with zero attached hydrogens (tertiary/aromatic N) is 3. The number of aliphatic carboxylic acids is 1. The van der Waals surface area contributed by atoms with Crippen molar-refractivity contribution in [2.24, 2.45) is 0 Å². The Morgan fingerprint density at radius 1 is 1.29 bits per heavy atom. The molecular weight excluding hydrogens is 274 g/mol. The van der Waals surface area contributed by atoms with Crippen molar-refractivity contribution in [3.63, 3.8) is 0 Å². The van der Waals surface area contributed by atoms with Gasteiger partial charge in [0.1, 0.15) is 6.54 Å². The second-order valence-corrected chi connectivity index (χ2v) is 5.88. The predicted octanol–water partition coefficient (Wildman–Crippen LogP) is 0.308. The Bertz CT molecular complexity index is 390. The van der Waals surface area contributed by atoms with Crippen molar-refractivity contribution in [2.45, 2.75) is 31.3 Å². The zero-order valence-electron chi connectivity index (χ0n) is 12.8. The van der Waals surface area contributed by atoms with Crippen LogP contribution in [0, 0.1) is 0 Å². The van der Waals surface area contributed by atoms with Crippen LogP contribution < -0.4 is 0 Å². The van der Waals surface area contributed by atoms with Crippen LogP contribution in [-0.2, 0) is 9.53 Å². The average Bonchev–Trinajstić information content (AvgIpc) is 2.67. The molecule has 2 aliphatic heterocycles. The van der Waals surface area contributed by atoms with E-state index in [-0.39, 0.29) is 12.6 Å². The van der Waals surface area contributed by atoms with Crippen LogP contribution in [0.25, 0.3) is 0 Å². The van der Waals surface area contributed by atoms with Gasteiger partial charge in [-0.3, -0.25) is 9.69 Å². The molecule has 0 spiro atoms. The lowest BCUT2D eigenvalue weighted by atomic mass is 10.1. The van der Waals surface area contributed by atoms with Gasteiger partial charge in [-0.25, -0.2) is 4.79 Å². The molecule has 0 aromatic carbocycles. The third kappa shape index (κ3) is 3.85. The molecule has 0 radical (unpaired) electrons. The number of urea groups is 1. The van der Waals surface area contributed by atoms with E-state index in [4.69, 9.17) is 9.84 Å². The maximum Gasteiger partial charge on any atom is 0.323 e. The average molecular weight is 299 g/mol. The number of carboxylic acids is 1. The van der Waals surface area contributed by atoms with Crippen LogP contribution in [0.1, 0.15) is 19.3 Å². The number of amides is 2. The molecule has 2 fully saturated rings. The van der Waals surface area contributed by atoms with Gasteiger partial charge in [0.25, 0.3) is 0 Å². The smallest absolute Gasteiger partial charge is 0.323 e. The molecule has 2 aliphatic rings. The minimum atomic E-state index is -0.993. The Kier molecular flexibility index (Phi) is 5.41. The maximum atomic E-state index is 12.6. The molecule has 0 saturated carbocycles. The summed E-state index contributed by atoms with van der Waals surface area (Å²) in [5.74, 6) is -0.993. The number of rotatable bonds is 5. The van der Waals surface area contributed by atoms with Gasteiger partial charge >= 0.3 is 12.0 Å². The summed E-state index contributed by atoms with van der Waals surface area (Å²) < 4.78 is 4.97. The molecule has 2 bridgehead atoms. The van der Waals surface area contributed by atoms with Crippen molar-refractivity contribution in [3.05, 3.63) is 0 Å². The Balaban J connectivity index is 2.00. The number of fused-ring (bicyclic) bond motifs is 2. The van der Waals surface area contributed by atoms with Gasteiger partial charge in [-0.15, -0.1) is 0 Å². The van der Waals surface area contributed by atoms with Crippen molar-refractivity contribution < 1.29 is 19.4 Å². The van der Waals surface area contributed by atoms with Gasteiger partial charge in [-0.1, -0.05) is 0 Å². The van der Waals surface area contributed by atoms with Gasteiger partial charge in [0.2, 0.25) is 0 Å². The molecule has 2 atom stereocenters. The van der Waals surface area contributed by atoms with E-state index in [1.54, 1.807) is 12.0 Å². The Labute approximate surface area is 125 Å². The van der Waals surface area contributed by atoms with Gasteiger partial charge in [-0.2, -0.15) is 0 Å². The fraction of sp³-hybridized carbons (Fsp3) is 0.857. The van der Waals surface area contributed by atoms with Crippen LogP contribution >= 0.6 is 0 Å². The van der Waals surface area contributed by atoms with Crippen LogP contribution in [0.3, 0.4) is 0 Å². The predicted molar refractivity (Wildman–Crippen MR) is 77.2 cm³/mol. The Morgan fingerprint density at radius 2 is 2.00 bits per heavy atom. The van der Waals surface area contributed by atoms with E-state index in [0.717, 1.165) is 12.8 Å². The number of hydrogen-bond acceptors (Lipinski definition) is 4. The van der Waals surface area contributed by atoms with Crippen LogP contribution in [0.5, 0.6) is 0 Å². The van der Waals surface area contributed by atoms with Crippen LogP contribution in [-0.4, -0.2) is 90.8 Å².